The van der Waals surface area contributed by atoms with Gasteiger partial charge in [-0.15, -0.1) is 0 Å². The first-order chi connectivity index (χ1) is 7.73. The molecule has 96 valence electrons. The molecule has 0 radical (unpaired) electrons. The average molecular weight is 270 g/mol. The Labute approximate surface area is 102 Å². The fraction of sp³-hybridized carbons (Fsp3) is 0.400. The summed E-state index contributed by atoms with van der Waals surface area (Å²) < 4.78 is 42.4. The van der Waals surface area contributed by atoms with Gasteiger partial charge in [0, 0.05) is 0 Å². The third-order valence-electron chi connectivity index (χ3n) is 1.54. The summed E-state index contributed by atoms with van der Waals surface area (Å²) >= 11 is 5.20. The molecule has 3 nitrogen and oxygen atoms in total. The van der Waals surface area contributed by atoms with Gasteiger partial charge in [0.1, 0.15) is 5.16 Å². The van der Waals surface area contributed by atoms with Crippen LogP contribution in [0.4, 0.5) is 13.2 Å². The second-order valence-electron chi connectivity index (χ2n) is 2.76. The first-order valence-electron chi connectivity index (χ1n) is 4.58. The van der Waals surface area contributed by atoms with Gasteiger partial charge in [-0.3, -0.25) is 0 Å². The van der Waals surface area contributed by atoms with Crippen molar-refractivity contribution in [1.82, 2.24) is 0 Å². The monoisotopic (exact) mass is 269 g/mol. The maximum atomic E-state index is 12.6. The lowest BCUT2D eigenvalue weighted by Gasteiger charge is -2.12. The number of ether oxygens (including phenoxy) is 1. The number of alkyl halides is 3. The molecule has 0 atom stereocenters. The molecule has 0 aromatic rings. The van der Waals surface area contributed by atoms with Crippen LogP contribution in [0.25, 0.3) is 0 Å². The van der Waals surface area contributed by atoms with Crippen LogP contribution in [0.3, 0.4) is 0 Å². The predicted molar refractivity (Wildman–Crippen MR) is 58.9 cm³/mol. The van der Waals surface area contributed by atoms with E-state index in [-0.39, 0.29) is 6.61 Å². The van der Waals surface area contributed by atoms with Crippen molar-refractivity contribution < 1.29 is 22.7 Å². The van der Waals surface area contributed by atoms with E-state index in [1.54, 1.807) is 0 Å². The van der Waals surface area contributed by atoms with Crippen LogP contribution in [0.5, 0.6) is 0 Å². The fourth-order valence-electron chi connectivity index (χ4n) is 0.958. The minimum absolute atomic E-state index is 0.0386. The van der Waals surface area contributed by atoms with Crippen LogP contribution in [0.1, 0.15) is 13.8 Å². The van der Waals surface area contributed by atoms with E-state index in [1.807, 2.05) is 0 Å². The number of carbonyl (C=O) groups excluding carboxylic acids is 1. The van der Waals surface area contributed by atoms with Crippen molar-refractivity contribution in [2.75, 3.05) is 6.61 Å². The Bertz CT molecular complexity index is 372. The second-order valence-corrected chi connectivity index (χ2v) is 3.19. The van der Waals surface area contributed by atoms with E-state index in [0.29, 0.717) is 0 Å². The molecule has 0 saturated carbocycles. The van der Waals surface area contributed by atoms with Gasteiger partial charge >= 0.3 is 12.1 Å². The molecular weight excluding hydrogens is 259 g/mol. The zero-order chi connectivity index (χ0) is 13.6. The third kappa shape index (κ3) is 5.04. The van der Waals surface area contributed by atoms with Crippen LogP contribution in [0, 0.1) is 0 Å². The number of nitrogens with zero attached hydrogens (tertiary/aromatic N) is 1. The van der Waals surface area contributed by atoms with E-state index in [4.69, 9.17) is 11.6 Å². The minimum atomic E-state index is -4.81. The summed E-state index contributed by atoms with van der Waals surface area (Å²) in [5.41, 5.74) is -2.11. The SMILES string of the molecule is C=C(Cl)N=C(/C(=C\C)C(=O)OCC)C(F)(F)F. The Hall–Kier alpha value is -1.30. The van der Waals surface area contributed by atoms with Crippen molar-refractivity contribution in [2.45, 2.75) is 20.0 Å². The first-order valence-corrected chi connectivity index (χ1v) is 4.95. The summed E-state index contributed by atoms with van der Waals surface area (Å²) in [5, 5.41) is -0.569. The summed E-state index contributed by atoms with van der Waals surface area (Å²) in [7, 11) is 0. The normalized spacial score (nSPS) is 13.5. The lowest BCUT2D eigenvalue weighted by atomic mass is 10.1. The minimum Gasteiger partial charge on any atom is -0.462 e. The lowest BCUT2D eigenvalue weighted by Crippen LogP contribution is -2.29. The van der Waals surface area contributed by atoms with E-state index in [0.717, 1.165) is 6.08 Å². The lowest BCUT2D eigenvalue weighted by molar-refractivity contribution is -0.138. The average Bonchev–Trinajstić information content (AvgIpc) is 2.15. The number of carbonyl (C=O) groups is 1. The van der Waals surface area contributed by atoms with E-state index >= 15 is 0 Å². The standard InChI is InChI=1S/C10H11ClF3NO2/c1-4-7(9(16)17-5-2)8(10(12,13)14)15-6(3)11/h4H,3,5H2,1-2H3/b7-4+,15-8?. The fourth-order valence-corrected chi connectivity index (χ4v) is 1.04. The molecule has 0 bridgehead atoms. The van der Waals surface area contributed by atoms with Crippen LogP contribution >= 0.6 is 11.6 Å². The molecule has 0 N–H and O–H groups in total. The van der Waals surface area contributed by atoms with Gasteiger partial charge in [0.2, 0.25) is 0 Å². The molecule has 7 heteroatoms. The Morgan fingerprint density at radius 3 is 2.35 bits per heavy atom. The molecule has 0 saturated heterocycles. The second kappa shape index (κ2) is 6.44. The third-order valence-corrected chi connectivity index (χ3v) is 1.63. The number of allylic oxidation sites excluding steroid dienone is 1. The number of hydrogen-bond donors (Lipinski definition) is 0. The van der Waals surface area contributed by atoms with Crippen molar-refractivity contribution in [3.8, 4) is 0 Å². The first kappa shape index (κ1) is 15.7. The zero-order valence-electron chi connectivity index (χ0n) is 9.27. The molecule has 0 heterocycles. The van der Waals surface area contributed by atoms with Crippen molar-refractivity contribution in [1.29, 1.82) is 0 Å². The van der Waals surface area contributed by atoms with E-state index < -0.39 is 28.6 Å². The van der Waals surface area contributed by atoms with Crippen LogP contribution in [0.15, 0.2) is 28.4 Å². The van der Waals surface area contributed by atoms with E-state index in [2.05, 4.69) is 16.3 Å². The molecule has 0 fully saturated rings. The summed E-state index contributed by atoms with van der Waals surface area (Å²) in [4.78, 5) is 14.3. The number of hydrogen-bond acceptors (Lipinski definition) is 3. The molecular formula is C10H11ClF3NO2. The van der Waals surface area contributed by atoms with E-state index in [1.165, 1.54) is 13.8 Å². The molecule has 0 spiro atoms. The summed E-state index contributed by atoms with van der Waals surface area (Å²) in [5.74, 6) is -1.11. The number of rotatable bonds is 4. The van der Waals surface area contributed by atoms with Gasteiger partial charge in [-0.2, -0.15) is 13.2 Å². The maximum absolute atomic E-state index is 12.6. The van der Waals surface area contributed by atoms with Crippen molar-refractivity contribution in [3.63, 3.8) is 0 Å². The highest BCUT2D eigenvalue weighted by Crippen LogP contribution is 2.24. The molecule has 0 aliphatic rings. The van der Waals surface area contributed by atoms with Gasteiger partial charge in [0.05, 0.1) is 12.2 Å². The van der Waals surface area contributed by atoms with Gasteiger partial charge in [0.15, 0.2) is 5.71 Å². The molecule has 0 unspecified atom stereocenters. The number of halogens is 4. The zero-order valence-corrected chi connectivity index (χ0v) is 10.0. The molecule has 0 amide bonds. The highest BCUT2D eigenvalue weighted by molar-refractivity contribution is 6.31. The molecule has 17 heavy (non-hydrogen) atoms. The predicted octanol–water partition coefficient (Wildman–Crippen LogP) is 3.21. The van der Waals surface area contributed by atoms with Crippen LogP contribution in [-0.4, -0.2) is 24.5 Å². The highest BCUT2D eigenvalue weighted by atomic mass is 35.5. The van der Waals surface area contributed by atoms with E-state index in [9.17, 15) is 18.0 Å². The number of esters is 1. The maximum Gasteiger partial charge on any atom is 0.434 e. The molecule has 0 aromatic carbocycles. The highest BCUT2D eigenvalue weighted by Gasteiger charge is 2.40. The van der Waals surface area contributed by atoms with Crippen LogP contribution in [0.2, 0.25) is 0 Å². The van der Waals surface area contributed by atoms with Gasteiger partial charge in [0.25, 0.3) is 0 Å². The molecule has 0 aliphatic heterocycles. The largest absolute Gasteiger partial charge is 0.462 e. The van der Waals surface area contributed by atoms with Gasteiger partial charge in [-0.1, -0.05) is 24.3 Å². The van der Waals surface area contributed by atoms with Crippen molar-refractivity contribution >= 4 is 23.3 Å². The topological polar surface area (TPSA) is 38.7 Å². The molecule has 0 aliphatic carbocycles. The van der Waals surface area contributed by atoms with Crippen molar-refractivity contribution in [3.05, 3.63) is 23.4 Å². The van der Waals surface area contributed by atoms with Crippen LogP contribution in [-0.2, 0) is 9.53 Å². The Balaban J connectivity index is 5.46. The van der Waals surface area contributed by atoms with Gasteiger partial charge < -0.3 is 4.74 Å². The molecule has 0 rings (SSSR count). The quantitative estimate of drug-likeness (QED) is 0.340. The number of aliphatic imine (C=N–C) groups is 1. The summed E-state index contributed by atoms with van der Waals surface area (Å²) in [6, 6.07) is 0. The van der Waals surface area contributed by atoms with Gasteiger partial charge in [-0.25, -0.2) is 9.79 Å². The Morgan fingerprint density at radius 1 is 1.53 bits per heavy atom. The van der Waals surface area contributed by atoms with Crippen molar-refractivity contribution in [2.24, 2.45) is 4.99 Å². The summed E-state index contributed by atoms with van der Waals surface area (Å²) in [6.07, 6.45) is -3.85. The smallest absolute Gasteiger partial charge is 0.434 e. The Morgan fingerprint density at radius 2 is 2.06 bits per heavy atom. The van der Waals surface area contributed by atoms with Gasteiger partial charge in [-0.05, 0) is 13.8 Å². The van der Waals surface area contributed by atoms with Crippen LogP contribution < -0.4 is 0 Å². The summed E-state index contributed by atoms with van der Waals surface area (Å²) in [6.45, 7) is 5.74. The Kier molecular flexibility index (Phi) is 5.95. The molecule has 0 aromatic heterocycles.